The van der Waals surface area contributed by atoms with E-state index in [1.165, 1.54) is 9.71 Å². The summed E-state index contributed by atoms with van der Waals surface area (Å²) in [5, 5.41) is 23.3. The Bertz CT molecular complexity index is 1510. The van der Waals surface area contributed by atoms with Crippen LogP contribution in [0, 0.1) is 11.8 Å². The number of halogens is 3. The van der Waals surface area contributed by atoms with Crippen molar-refractivity contribution < 1.29 is 41.3 Å². The van der Waals surface area contributed by atoms with Crippen molar-refractivity contribution in [3.63, 3.8) is 0 Å². The third-order valence-electron chi connectivity index (χ3n) is 9.24. The first-order valence-corrected chi connectivity index (χ1v) is 17.0. The highest BCUT2D eigenvalue weighted by Gasteiger charge is 2.48. The van der Waals surface area contributed by atoms with E-state index in [0.29, 0.717) is 44.7 Å². The zero-order chi connectivity index (χ0) is 32.2. The van der Waals surface area contributed by atoms with Crippen LogP contribution in [0.15, 0.2) is 40.9 Å². The average Bonchev–Trinajstić information content (AvgIpc) is 3.58. The number of aliphatic hydroxyl groups excluding tert-OH is 2. The van der Waals surface area contributed by atoms with Gasteiger partial charge >= 0.3 is 6.18 Å². The lowest BCUT2D eigenvalue weighted by Gasteiger charge is -2.34. The maximum atomic E-state index is 13.3. The predicted octanol–water partition coefficient (Wildman–Crippen LogP) is 3.82. The summed E-state index contributed by atoms with van der Waals surface area (Å²) in [6.45, 7) is 0.815. The van der Waals surface area contributed by atoms with E-state index >= 15 is 0 Å². The third-order valence-corrected chi connectivity index (χ3v) is 10.8. The number of aliphatic imine (C=N–C) groups is 1. The van der Waals surface area contributed by atoms with E-state index in [0.717, 1.165) is 16.5 Å². The molecule has 2 aliphatic heterocycles. The highest BCUT2D eigenvalue weighted by atomic mass is 32.2. The van der Waals surface area contributed by atoms with E-state index in [1.807, 2.05) is 35.0 Å². The van der Waals surface area contributed by atoms with Crippen LogP contribution < -0.4 is 5.32 Å². The van der Waals surface area contributed by atoms with Crippen LogP contribution in [-0.2, 0) is 26.1 Å². The minimum atomic E-state index is -4.14. The summed E-state index contributed by atoms with van der Waals surface area (Å²) >= 11 is 0. The van der Waals surface area contributed by atoms with Gasteiger partial charge in [0.15, 0.2) is 0 Å². The number of rotatable bonds is 12. The number of nitrogens with one attached hydrogen (secondary N) is 1. The number of alkyl halides is 3. The molecule has 3 heterocycles. The number of carbonyl (C=O) groups excluding carboxylic acids is 1. The maximum Gasteiger partial charge on any atom is 0.389 e. The van der Waals surface area contributed by atoms with Gasteiger partial charge in [-0.3, -0.25) is 9.79 Å². The molecular weight excluding hydrogens is 613 g/mol. The molecule has 0 unspecified atom stereocenters. The summed E-state index contributed by atoms with van der Waals surface area (Å²) in [5.74, 6) is 0.404. The summed E-state index contributed by atoms with van der Waals surface area (Å²) in [6, 6.07) is 7.50. The third kappa shape index (κ3) is 8.15. The van der Waals surface area contributed by atoms with Gasteiger partial charge in [0.2, 0.25) is 10.0 Å². The van der Waals surface area contributed by atoms with Crippen molar-refractivity contribution in [1.29, 1.82) is 0 Å². The topological polar surface area (TPSA) is 133 Å². The normalized spacial score (nSPS) is 23.6. The summed E-state index contributed by atoms with van der Waals surface area (Å²) < 4.78 is 73.1. The van der Waals surface area contributed by atoms with Crippen molar-refractivity contribution in [2.75, 3.05) is 32.9 Å². The van der Waals surface area contributed by atoms with Crippen molar-refractivity contribution in [3.8, 4) is 0 Å². The molecule has 1 atom stereocenters. The zero-order valence-corrected chi connectivity index (χ0v) is 25.9. The first-order chi connectivity index (χ1) is 21.4. The van der Waals surface area contributed by atoms with Gasteiger partial charge in [0, 0.05) is 54.5 Å². The molecule has 1 amide bonds. The predicted molar refractivity (Wildman–Crippen MR) is 164 cm³/mol. The number of hydrogen-bond acceptors (Lipinski definition) is 7. The van der Waals surface area contributed by atoms with Crippen LogP contribution in [-0.4, -0.2) is 90.0 Å². The minimum absolute atomic E-state index is 0.00409. The van der Waals surface area contributed by atoms with Crippen molar-refractivity contribution in [3.05, 3.63) is 41.4 Å². The minimum Gasteiger partial charge on any atom is -0.394 e. The SMILES string of the molecule is O=C1NC(C2CCC(CCC(F)(F)F)CC2)=NC12CCN(S(=O)(=O)C=Cc1cccc3c1ccn3CCOC[C@@H](O)CO)CC2. The lowest BCUT2D eigenvalue weighted by atomic mass is 9.79. The van der Waals surface area contributed by atoms with Crippen LogP contribution in [0.4, 0.5) is 13.2 Å². The van der Waals surface area contributed by atoms with Crippen LogP contribution in [0.2, 0.25) is 0 Å². The number of carbonyl (C=O) groups is 1. The molecule has 0 bridgehead atoms. The number of amidine groups is 1. The van der Waals surface area contributed by atoms with E-state index in [2.05, 4.69) is 5.32 Å². The van der Waals surface area contributed by atoms with Crippen LogP contribution in [0.3, 0.4) is 0 Å². The lowest BCUT2D eigenvalue weighted by Crippen LogP contribution is -2.50. The van der Waals surface area contributed by atoms with Crippen LogP contribution in [0.25, 0.3) is 17.0 Å². The molecule has 10 nitrogen and oxygen atoms in total. The molecule has 248 valence electrons. The molecule has 14 heteroatoms. The van der Waals surface area contributed by atoms with E-state index in [4.69, 9.17) is 14.8 Å². The van der Waals surface area contributed by atoms with E-state index in [1.54, 1.807) is 6.08 Å². The van der Waals surface area contributed by atoms with Crippen molar-refractivity contribution in [1.82, 2.24) is 14.2 Å². The summed E-state index contributed by atoms with van der Waals surface area (Å²) in [7, 11) is -3.77. The molecule has 3 N–H and O–H groups in total. The van der Waals surface area contributed by atoms with E-state index < -0.39 is 34.3 Å². The number of ether oxygens (including phenoxy) is 1. The Balaban J connectivity index is 1.16. The Hall–Kier alpha value is -2.78. The highest BCUT2D eigenvalue weighted by Crippen LogP contribution is 2.38. The Kier molecular flexibility index (Phi) is 10.4. The second-order valence-corrected chi connectivity index (χ2v) is 14.1. The van der Waals surface area contributed by atoms with E-state index in [9.17, 15) is 31.5 Å². The number of aliphatic hydroxyl groups is 2. The molecule has 1 aliphatic carbocycles. The molecule has 2 aromatic rings. The fourth-order valence-electron chi connectivity index (χ4n) is 6.55. The summed E-state index contributed by atoms with van der Waals surface area (Å²) in [5.41, 5.74) is 0.626. The Morgan fingerprint density at radius 3 is 2.58 bits per heavy atom. The van der Waals surface area contributed by atoms with Crippen molar-refractivity contribution >= 4 is 38.7 Å². The number of benzene rings is 1. The lowest BCUT2D eigenvalue weighted by molar-refractivity contribution is -0.138. The van der Waals surface area contributed by atoms with Crippen molar-refractivity contribution in [2.24, 2.45) is 16.8 Å². The van der Waals surface area contributed by atoms with Gasteiger partial charge in [0.1, 0.15) is 17.5 Å². The number of hydrogen-bond donors (Lipinski definition) is 3. The number of fused-ring (bicyclic) bond motifs is 1. The standard InChI is InChI=1S/C31H41F3N4O6S/c32-31(33,34)11-8-22-4-6-24(7-5-22)28-35-29(41)30(36-28)12-15-38(16-13-30)45(42,43)19-10-23-2-1-3-27-26(23)9-14-37(27)17-18-44-21-25(40)20-39/h1-3,9-10,14,19,22,24-25,39-40H,4-8,11-13,15-18,20-21H2,(H,35,36,41)/t22?,24?,25-/m0/s1. The molecule has 2 fully saturated rings. The molecular formula is C31H41F3N4O6S. The Morgan fingerprint density at radius 1 is 1.16 bits per heavy atom. The number of sulfonamides is 1. The molecule has 5 rings (SSSR count). The average molecular weight is 655 g/mol. The zero-order valence-electron chi connectivity index (χ0n) is 25.1. The monoisotopic (exact) mass is 654 g/mol. The molecule has 1 aromatic carbocycles. The second-order valence-electron chi connectivity index (χ2n) is 12.3. The van der Waals surface area contributed by atoms with Crippen LogP contribution >= 0.6 is 0 Å². The number of aromatic nitrogens is 1. The van der Waals surface area contributed by atoms with Gasteiger partial charge in [-0.2, -0.15) is 17.5 Å². The van der Waals surface area contributed by atoms with E-state index in [-0.39, 0.29) is 63.3 Å². The Morgan fingerprint density at radius 2 is 1.89 bits per heavy atom. The molecule has 1 aromatic heterocycles. The van der Waals surface area contributed by atoms with Crippen molar-refractivity contribution in [2.45, 2.75) is 75.7 Å². The van der Waals surface area contributed by atoms with Gasteiger partial charge in [-0.25, -0.2) is 8.42 Å². The van der Waals surface area contributed by atoms with Gasteiger partial charge < -0.3 is 24.8 Å². The summed E-state index contributed by atoms with van der Waals surface area (Å²) in [4.78, 5) is 17.8. The fraction of sp³-hybridized carbons (Fsp3) is 0.613. The molecule has 1 spiro atoms. The molecule has 1 saturated heterocycles. The van der Waals surface area contributed by atoms with Gasteiger partial charge in [0.25, 0.3) is 5.91 Å². The van der Waals surface area contributed by atoms with Gasteiger partial charge in [-0.1, -0.05) is 12.1 Å². The van der Waals surface area contributed by atoms with Gasteiger partial charge in [-0.05, 0) is 74.6 Å². The summed E-state index contributed by atoms with van der Waals surface area (Å²) in [6.07, 6.45) is 0.978. The van der Waals surface area contributed by atoms with Gasteiger partial charge in [-0.15, -0.1) is 0 Å². The first kappa shape index (κ1) is 33.6. The van der Waals surface area contributed by atoms with Crippen LogP contribution in [0.5, 0.6) is 0 Å². The molecule has 0 radical (unpaired) electrons. The molecule has 45 heavy (non-hydrogen) atoms. The molecule has 1 saturated carbocycles. The van der Waals surface area contributed by atoms with Crippen LogP contribution in [0.1, 0.15) is 56.9 Å². The maximum absolute atomic E-state index is 13.3. The number of nitrogens with zero attached hydrogens (tertiary/aromatic N) is 3. The fourth-order valence-corrected chi connectivity index (χ4v) is 7.73. The molecule has 3 aliphatic rings. The quantitative estimate of drug-likeness (QED) is 0.298. The first-order valence-electron chi connectivity index (χ1n) is 15.5. The Labute approximate surface area is 261 Å². The number of amides is 1. The second kappa shape index (κ2) is 13.9. The largest absolute Gasteiger partial charge is 0.394 e. The number of piperidine rings is 1. The van der Waals surface area contributed by atoms with Gasteiger partial charge in [0.05, 0.1) is 19.8 Å². The smallest absolute Gasteiger partial charge is 0.389 e. The highest BCUT2D eigenvalue weighted by molar-refractivity contribution is 7.92.